The van der Waals surface area contributed by atoms with Crippen LogP contribution in [0.5, 0.6) is 0 Å². The van der Waals surface area contributed by atoms with Crippen molar-refractivity contribution in [3.8, 4) is 22.3 Å². The Morgan fingerprint density at radius 1 is 0.600 bits per heavy atom. The first kappa shape index (κ1) is 28.7. The van der Waals surface area contributed by atoms with Crippen LogP contribution in [-0.4, -0.2) is 5.92 Å². The van der Waals surface area contributed by atoms with Crippen LogP contribution in [0.2, 0.25) is 23.1 Å². The van der Waals surface area contributed by atoms with E-state index in [9.17, 15) is 0 Å². The molecule has 2 atom stereocenters. The van der Waals surface area contributed by atoms with E-state index in [0.717, 1.165) is 21.2 Å². The summed E-state index contributed by atoms with van der Waals surface area (Å²) in [6, 6.07) is 29.4. The molecule has 0 bridgehead atoms. The van der Waals surface area contributed by atoms with Crippen molar-refractivity contribution in [1.82, 2.24) is 0 Å². The summed E-state index contributed by atoms with van der Waals surface area (Å²) in [6.07, 6.45) is 4.67. The van der Waals surface area contributed by atoms with Crippen LogP contribution < -0.4 is 0 Å². The zero-order valence-electron chi connectivity index (χ0n) is 23.0. The molecule has 6 rings (SSSR count). The number of hydrogen-bond donors (Lipinski definition) is 0. The van der Waals surface area contributed by atoms with E-state index < -0.39 is 21.5 Å². The number of fused-ring (bicyclic) bond motifs is 2. The van der Waals surface area contributed by atoms with Gasteiger partial charge in [0.25, 0.3) is 0 Å². The van der Waals surface area contributed by atoms with E-state index in [4.69, 9.17) is 40.2 Å². The predicted octanol–water partition coefficient (Wildman–Crippen LogP) is 11.9. The Labute approximate surface area is 256 Å². The quantitative estimate of drug-likeness (QED) is 0.182. The molecule has 0 radical (unpaired) electrons. The van der Waals surface area contributed by atoms with Crippen LogP contribution in [0.3, 0.4) is 0 Å². The normalized spacial score (nSPS) is 19.1. The molecule has 40 heavy (non-hydrogen) atoms. The van der Waals surface area contributed by atoms with Gasteiger partial charge in [-0.2, -0.15) is 0 Å². The second-order valence-corrected chi connectivity index (χ2v) is 55.0. The van der Waals surface area contributed by atoms with E-state index in [-0.39, 0.29) is 7.25 Å². The maximum absolute atomic E-state index is 8.35. The molecule has 0 N–H and O–H groups in total. The molecule has 4 aromatic carbocycles. The van der Waals surface area contributed by atoms with E-state index in [0.29, 0.717) is 0 Å². The number of halogens is 4. The maximum atomic E-state index is 8.35. The van der Waals surface area contributed by atoms with Gasteiger partial charge in [-0.3, -0.25) is 0 Å². The SMILES string of the molecule is CC1=Cc2c(-c3cccc(Cl)c3)cccc2[CH]1[Zr]([Cl])([Cl])([CH]1C(C)=Cc2c(-c3cccc(Cl)c3)cccc21)[SiH](C)C. The fraction of sp³-hybridized carbons (Fsp3) is 0.176. The van der Waals surface area contributed by atoms with Crippen LogP contribution in [0.25, 0.3) is 34.4 Å². The van der Waals surface area contributed by atoms with Gasteiger partial charge in [-0.15, -0.1) is 0 Å². The van der Waals surface area contributed by atoms with Gasteiger partial charge in [0.2, 0.25) is 0 Å². The standard InChI is InChI=1S/2C16H12Cl.C2H7Si.2ClH.Zr/c2*1-11-8-12-5-3-7-15(16(12)9-11)13-4-2-6-14(17)10-13;1-3-2;;;/h2*2-10H,1H3;3H,1-2H3;2*1H;/q;;;;;+2/p-2. The van der Waals surface area contributed by atoms with Gasteiger partial charge in [0.15, 0.2) is 0 Å². The van der Waals surface area contributed by atoms with Crippen molar-refractivity contribution in [2.45, 2.75) is 34.2 Å². The monoisotopic (exact) mass is 697 g/mol. The number of hydrogen-bond acceptors (Lipinski definition) is 0. The zero-order chi connectivity index (χ0) is 28.4. The molecule has 2 aliphatic rings. The molecule has 0 aromatic heterocycles. The second-order valence-electron chi connectivity index (χ2n) is 11.7. The van der Waals surface area contributed by atoms with Crippen LogP contribution in [0.4, 0.5) is 0 Å². The topological polar surface area (TPSA) is 0 Å². The minimum absolute atomic E-state index is 0.0553. The summed E-state index contributed by atoms with van der Waals surface area (Å²) in [7, 11) is 16.7. The summed E-state index contributed by atoms with van der Waals surface area (Å²) in [4.78, 5) is 0. The molecule has 203 valence electrons. The van der Waals surface area contributed by atoms with Crippen molar-refractivity contribution in [2.24, 2.45) is 0 Å². The van der Waals surface area contributed by atoms with E-state index in [1.807, 2.05) is 36.4 Å². The molecule has 4 aromatic rings. The molecular weight excluding hydrogens is 669 g/mol. The van der Waals surface area contributed by atoms with Crippen LogP contribution in [0.1, 0.15) is 43.4 Å². The molecule has 0 fully saturated rings. The molecule has 6 heteroatoms. The summed E-state index contributed by atoms with van der Waals surface area (Å²) in [6.45, 7) is 9.23. The molecule has 2 aliphatic carbocycles. The Morgan fingerprint density at radius 3 is 1.38 bits per heavy atom. The molecule has 2 unspecified atom stereocenters. The van der Waals surface area contributed by atoms with Gasteiger partial charge in [0.1, 0.15) is 0 Å². The van der Waals surface area contributed by atoms with Gasteiger partial charge in [-0.05, 0) is 0 Å². The first-order valence-electron chi connectivity index (χ1n) is 13.7. The molecule has 0 spiro atoms. The van der Waals surface area contributed by atoms with Crippen LogP contribution in [0.15, 0.2) is 96.1 Å². The average molecular weight is 701 g/mol. The summed E-state index contributed by atoms with van der Waals surface area (Å²) in [5.41, 5.74) is 12.2. The first-order chi connectivity index (χ1) is 19.0. The third kappa shape index (κ3) is 4.41. The van der Waals surface area contributed by atoms with Crippen molar-refractivity contribution in [2.75, 3.05) is 0 Å². The predicted molar refractivity (Wildman–Crippen MR) is 177 cm³/mol. The van der Waals surface area contributed by atoms with Crippen LogP contribution in [-0.2, 0) is 15.6 Å². The molecule has 0 saturated carbocycles. The van der Waals surface area contributed by atoms with E-state index in [1.165, 1.54) is 44.5 Å². The van der Waals surface area contributed by atoms with E-state index >= 15 is 0 Å². The summed E-state index contributed by atoms with van der Waals surface area (Å²) in [5.74, 6) is -1.59. The number of allylic oxidation sites excluding steroid dienone is 2. The van der Waals surface area contributed by atoms with Crippen molar-refractivity contribution < 1.29 is 15.6 Å². The Balaban J connectivity index is 1.55. The van der Waals surface area contributed by atoms with Gasteiger partial charge >= 0.3 is 259 Å². The number of rotatable bonds is 5. The molecule has 0 nitrogen and oxygen atoms in total. The van der Waals surface area contributed by atoms with E-state index in [2.05, 4.69) is 87.6 Å². The third-order valence-electron chi connectivity index (χ3n) is 9.03. The Hall–Kier alpha value is -1.38. The van der Waals surface area contributed by atoms with Gasteiger partial charge < -0.3 is 0 Å². The van der Waals surface area contributed by atoms with Crippen molar-refractivity contribution in [1.29, 1.82) is 0 Å². The first-order valence-corrected chi connectivity index (χ1v) is 30.8. The molecule has 0 heterocycles. The van der Waals surface area contributed by atoms with Gasteiger partial charge in [0.05, 0.1) is 0 Å². The molecule has 0 saturated heterocycles. The fourth-order valence-corrected chi connectivity index (χ4v) is 40.5. The average Bonchev–Trinajstić information content (AvgIpc) is 3.45. The van der Waals surface area contributed by atoms with Crippen molar-refractivity contribution in [3.05, 3.63) is 128 Å². The summed E-state index contributed by atoms with van der Waals surface area (Å²) in [5, 5.41) is 1.47. The third-order valence-corrected chi connectivity index (χ3v) is 61.8. The van der Waals surface area contributed by atoms with Gasteiger partial charge in [-0.25, -0.2) is 0 Å². The van der Waals surface area contributed by atoms with Crippen molar-refractivity contribution >= 4 is 58.3 Å². The molecule has 0 aliphatic heterocycles. The second kappa shape index (κ2) is 10.4. The molecular formula is C34H31Cl4SiZr. The molecule has 0 amide bonds. The van der Waals surface area contributed by atoms with Gasteiger partial charge in [-0.1, -0.05) is 0 Å². The van der Waals surface area contributed by atoms with Crippen LogP contribution in [0, 0.1) is 0 Å². The van der Waals surface area contributed by atoms with Crippen LogP contribution >= 0.6 is 40.2 Å². The minimum atomic E-state index is -4.71. The van der Waals surface area contributed by atoms with E-state index in [1.54, 1.807) is 0 Å². The number of benzene rings is 4. The Bertz CT molecular complexity index is 1610. The zero-order valence-corrected chi connectivity index (χ0v) is 29.6. The van der Waals surface area contributed by atoms with Gasteiger partial charge in [0, 0.05) is 0 Å². The van der Waals surface area contributed by atoms with Crippen molar-refractivity contribution in [3.63, 3.8) is 0 Å². The summed E-state index contributed by atoms with van der Waals surface area (Å²) >= 11 is 8.09. The Morgan fingerprint density at radius 2 is 1.00 bits per heavy atom. The summed E-state index contributed by atoms with van der Waals surface area (Å²) < 4.78 is 0.111. The Kier molecular flexibility index (Phi) is 7.47. The fourth-order valence-electron chi connectivity index (χ4n) is 7.22.